The third-order valence-electron chi connectivity index (χ3n) is 5.31. The largest absolute Gasteiger partial charge is 0.341 e. The summed E-state index contributed by atoms with van der Waals surface area (Å²) >= 11 is 0. The summed E-state index contributed by atoms with van der Waals surface area (Å²) in [6.07, 6.45) is 3.90. The van der Waals surface area contributed by atoms with Gasteiger partial charge in [0, 0.05) is 39.4 Å². The second kappa shape index (κ2) is 7.96. The van der Waals surface area contributed by atoms with Gasteiger partial charge < -0.3 is 9.47 Å². The van der Waals surface area contributed by atoms with Crippen LogP contribution in [-0.4, -0.2) is 59.3 Å². The fraction of sp³-hybridized carbons (Fsp3) is 0.333. The van der Waals surface area contributed by atoms with E-state index < -0.39 is 10.0 Å². The third kappa shape index (κ3) is 4.04. The molecule has 8 heteroatoms. The van der Waals surface area contributed by atoms with Gasteiger partial charge in [-0.2, -0.15) is 4.31 Å². The van der Waals surface area contributed by atoms with Gasteiger partial charge in [-0.1, -0.05) is 42.5 Å². The summed E-state index contributed by atoms with van der Waals surface area (Å²) < 4.78 is 28.7. The molecule has 0 bridgehead atoms. The molecule has 0 atom stereocenters. The predicted molar refractivity (Wildman–Crippen MR) is 111 cm³/mol. The van der Waals surface area contributed by atoms with Gasteiger partial charge >= 0.3 is 0 Å². The number of nitrogens with zero attached hydrogens (tertiary/aromatic N) is 4. The third-order valence-corrected chi connectivity index (χ3v) is 7.10. The van der Waals surface area contributed by atoms with E-state index in [4.69, 9.17) is 0 Å². The number of imidazole rings is 1. The summed E-state index contributed by atoms with van der Waals surface area (Å²) in [5, 5.41) is 2.24. The average molecular weight is 413 g/mol. The van der Waals surface area contributed by atoms with Crippen LogP contribution in [0.15, 0.2) is 60.0 Å². The predicted octanol–water partition coefficient (Wildman–Crippen LogP) is 2.04. The number of fused-ring (bicyclic) bond motifs is 1. The Morgan fingerprint density at radius 1 is 1.03 bits per heavy atom. The number of carbonyl (C=O) groups excluding carboxylic acids is 1. The van der Waals surface area contributed by atoms with E-state index in [2.05, 4.69) is 4.98 Å². The van der Waals surface area contributed by atoms with Gasteiger partial charge in [-0.15, -0.1) is 0 Å². The molecule has 1 amide bonds. The van der Waals surface area contributed by atoms with Crippen LogP contribution in [0.4, 0.5) is 0 Å². The molecule has 1 aromatic heterocycles. The van der Waals surface area contributed by atoms with E-state index in [9.17, 15) is 13.2 Å². The SMILES string of the molecule is Cn1cnc(S(=O)(=O)N2CCCN(C(=O)Cc3cccc4ccccc34)CC2)c1. The Bertz CT molecular complexity index is 1130. The van der Waals surface area contributed by atoms with Crippen molar-refractivity contribution in [1.82, 2.24) is 18.8 Å². The van der Waals surface area contributed by atoms with Crippen LogP contribution in [0.3, 0.4) is 0 Å². The van der Waals surface area contributed by atoms with Gasteiger partial charge in [0.05, 0.1) is 12.7 Å². The lowest BCUT2D eigenvalue weighted by molar-refractivity contribution is -0.130. The van der Waals surface area contributed by atoms with Gasteiger partial charge in [-0.05, 0) is 22.8 Å². The molecule has 1 aliphatic heterocycles. The van der Waals surface area contributed by atoms with Crippen molar-refractivity contribution >= 4 is 26.7 Å². The van der Waals surface area contributed by atoms with Crippen molar-refractivity contribution in [2.45, 2.75) is 17.9 Å². The molecule has 0 spiro atoms. The standard InChI is InChI=1S/C21H24N4O3S/c1-23-15-20(22-16-23)29(27,28)25-11-5-10-24(12-13-25)21(26)14-18-8-4-7-17-6-2-3-9-19(17)18/h2-4,6-9,15-16H,5,10-14H2,1H3. The first-order chi connectivity index (χ1) is 13.9. The molecule has 0 radical (unpaired) electrons. The molecule has 7 nitrogen and oxygen atoms in total. The highest BCUT2D eigenvalue weighted by Crippen LogP contribution is 2.20. The van der Waals surface area contributed by atoms with Gasteiger partial charge in [0.2, 0.25) is 5.91 Å². The van der Waals surface area contributed by atoms with Crippen LogP contribution < -0.4 is 0 Å². The molecule has 0 N–H and O–H groups in total. The van der Waals surface area contributed by atoms with Crippen molar-refractivity contribution < 1.29 is 13.2 Å². The van der Waals surface area contributed by atoms with Gasteiger partial charge in [0.1, 0.15) is 0 Å². The number of hydrogen-bond acceptors (Lipinski definition) is 4. The van der Waals surface area contributed by atoms with Crippen molar-refractivity contribution in [1.29, 1.82) is 0 Å². The van der Waals surface area contributed by atoms with Crippen molar-refractivity contribution in [2.75, 3.05) is 26.2 Å². The fourth-order valence-corrected chi connectivity index (χ4v) is 5.20. The second-order valence-electron chi connectivity index (χ2n) is 7.33. The Morgan fingerprint density at radius 3 is 2.62 bits per heavy atom. The monoisotopic (exact) mass is 412 g/mol. The molecule has 2 heterocycles. The highest BCUT2D eigenvalue weighted by molar-refractivity contribution is 7.89. The number of hydrogen-bond donors (Lipinski definition) is 0. The Balaban J connectivity index is 1.46. The molecule has 2 aromatic carbocycles. The number of sulfonamides is 1. The van der Waals surface area contributed by atoms with Crippen LogP contribution in [0.2, 0.25) is 0 Å². The molecule has 29 heavy (non-hydrogen) atoms. The maximum absolute atomic E-state index is 12.9. The van der Waals surface area contributed by atoms with E-state index in [1.165, 1.54) is 16.8 Å². The van der Waals surface area contributed by atoms with Crippen LogP contribution in [-0.2, 0) is 28.3 Å². The molecule has 4 rings (SSSR count). The minimum Gasteiger partial charge on any atom is -0.341 e. The lowest BCUT2D eigenvalue weighted by atomic mass is 10.0. The molecular formula is C21H24N4O3S. The molecule has 0 saturated carbocycles. The summed E-state index contributed by atoms with van der Waals surface area (Å²) in [7, 11) is -1.90. The minimum absolute atomic E-state index is 0.0263. The van der Waals surface area contributed by atoms with E-state index in [0.29, 0.717) is 32.5 Å². The smallest absolute Gasteiger partial charge is 0.262 e. The van der Waals surface area contributed by atoms with Gasteiger partial charge in [0.25, 0.3) is 10.0 Å². The van der Waals surface area contributed by atoms with E-state index in [1.807, 2.05) is 42.5 Å². The zero-order chi connectivity index (χ0) is 20.4. The first-order valence-electron chi connectivity index (χ1n) is 9.68. The number of aryl methyl sites for hydroxylation is 1. The van der Waals surface area contributed by atoms with Gasteiger partial charge in [0.15, 0.2) is 5.03 Å². The average Bonchev–Trinajstić information content (AvgIpc) is 3.00. The Hall–Kier alpha value is -2.71. The number of benzene rings is 2. The van der Waals surface area contributed by atoms with Crippen LogP contribution >= 0.6 is 0 Å². The number of carbonyl (C=O) groups is 1. The Morgan fingerprint density at radius 2 is 1.83 bits per heavy atom. The molecule has 0 unspecified atom stereocenters. The Kier molecular flexibility index (Phi) is 5.38. The van der Waals surface area contributed by atoms with Crippen LogP contribution in [0.5, 0.6) is 0 Å². The first-order valence-corrected chi connectivity index (χ1v) is 11.1. The molecule has 152 valence electrons. The fourth-order valence-electron chi connectivity index (χ4n) is 3.76. The molecule has 1 fully saturated rings. The van der Waals surface area contributed by atoms with Crippen LogP contribution in [0.25, 0.3) is 10.8 Å². The van der Waals surface area contributed by atoms with Gasteiger partial charge in [-0.3, -0.25) is 4.79 Å². The maximum Gasteiger partial charge on any atom is 0.262 e. The summed E-state index contributed by atoms with van der Waals surface area (Å²) in [4.78, 5) is 18.7. The van der Waals surface area contributed by atoms with Crippen LogP contribution in [0, 0.1) is 0 Å². The maximum atomic E-state index is 12.9. The number of amides is 1. The number of rotatable bonds is 4. The van der Waals surface area contributed by atoms with Gasteiger partial charge in [-0.25, -0.2) is 13.4 Å². The topological polar surface area (TPSA) is 75.5 Å². The van der Waals surface area contributed by atoms with E-state index in [0.717, 1.165) is 16.3 Å². The van der Waals surface area contributed by atoms with Crippen LogP contribution in [0.1, 0.15) is 12.0 Å². The molecule has 1 aliphatic rings. The normalized spacial score (nSPS) is 16.1. The molecule has 3 aromatic rings. The summed E-state index contributed by atoms with van der Waals surface area (Å²) in [5.41, 5.74) is 0.996. The lowest BCUT2D eigenvalue weighted by Crippen LogP contribution is -2.38. The lowest BCUT2D eigenvalue weighted by Gasteiger charge is -2.22. The molecular weight excluding hydrogens is 388 g/mol. The van der Waals surface area contributed by atoms with E-state index in [-0.39, 0.29) is 17.5 Å². The summed E-state index contributed by atoms with van der Waals surface area (Å²) in [5.74, 6) is 0.0263. The summed E-state index contributed by atoms with van der Waals surface area (Å²) in [6.45, 7) is 1.60. The highest BCUT2D eigenvalue weighted by Gasteiger charge is 2.29. The number of aromatic nitrogens is 2. The summed E-state index contributed by atoms with van der Waals surface area (Å²) in [6, 6.07) is 14.0. The van der Waals surface area contributed by atoms with E-state index in [1.54, 1.807) is 16.5 Å². The first kappa shape index (κ1) is 19.6. The van der Waals surface area contributed by atoms with Crippen molar-refractivity contribution in [2.24, 2.45) is 7.05 Å². The quantitative estimate of drug-likeness (QED) is 0.657. The second-order valence-corrected chi connectivity index (χ2v) is 9.22. The van der Waals surface area contributed by atoms with Crippen molar-refractivity contribution in [3.63, 3.8) is 0 Å². The molecule has 0 aliphatic carbocycles. The highest BCUT2D eigenvalue weighted by atomic mass is 32.2. The van der Waals surface area contributed by atoms with E-state index >= 15 is 0 Å². The minimum atomic E-state index is -3.64. The molecule has 1 saturated heterocycles. The van der Waals surface area contributed by atoms with Crippen molar-refractivity contribution in [3.8, 4) is 0 Å². The Labute approximate surface area is 170 Å². The van der Waals surface area contributed by atoms with Crippen molar-refractivity contribution in [3.05, 3.63) is 60.6 Å². The zero-order valence-electron chi connectivity index (χ0n) is 16.4. The zero-order valence-corrected chi connectivity index (χ0v) is 17.2.